The first kappa shape index (κ1) is 15.5. The van der Waals surface area contributed by atoms with Gasteiger partial charge in [0.2, 0.25) is 5.91 Å². The number of hydrogen-bond donors (Lipinski definition) is 0. The van der Waals surface area contributed by atoms with Crippen LogP contribution in [0.4, 0.5) is 0 Å². The van der Waals surface area contributed by atoms with Gasteiger partial charge in [-0.15, -0.1) is 11.3 Å². The van der Waals surface area contributed by atoms with Crippen LogP contribution in [0.3, 0.4) is 0 Å². The lowest BCUT2D eigenvalue weighted by molar-refractivity contribution is -0.124. The summed E-state index contributed by atoms with van der Waals surface area (Å²) in [4.78, 5) is 15.2. The van der Waals surface area contributed by atoms with Gasteiger partial charge in [0.15, 0.2) is 0 Å². The summed E-state index contributed by atoms with van der Waals surface area (Å²) in [7, 11) is 1.61. The van der Waals surface area contributed by atoms with E-state index >= 15 is 0 Å². The van der Waals surface area contributed by atoms with E-state index in [-0.39, 0.29) is 12.5 Å². The van der Waals surface area contributed by atoms with Gasteiger partial charge >= 0.3 is 0 Å². The topological polar surface area (TPSA) is 44.1 Å². The number of carbonyl (C=O) groups is 1. The third-order valence-electron chi connectivity index (χ3n) is 2.83. The molecule has 0 aliphatic rings. The van der Waals surface area contributed by atoms with Gasteiger partial charge in [0.1, 0.15) is 6.54 Å². The molecule has 0 radical (unpaired) electrons. The second kappa shape index (κ2) is 7.21. The van der Waals surface area contributed by atoms with Crippen molar-refractivity contribution in [1.82, 2.24) is 4.90 Å². The Bertz CT molecular complexity index is 698. The van der Waals surface area contributed by atoms with Gasteiger partial charge in [-0.05, 0) is 35.9 Å². The van der Waals surface area contributed by atoms with Gasteiger partial charge in [-0.2, -0.15) is 5.26 Å². The van der Waals surface area contributed by atoms with Gasteiger partial charge in [0, 0.05) is 27.4 Å². The van der Waals surface area contributed by atoms with Crippen molar-refractivity contribution in [1.29, 1.82) is 5.26 Å². The van der Waals surface area contributed by atoms with Crippen molar-refractivity contribution < 1.29 is 4.79 Å². The number of amides is 1. The zero-order chi connectivity index (χ0) is 15.2. The number of carbonyl (C=O) groups excluding carboxylic acids is 1. The molecule has 1 aromatic carbocycles. The van der Waals surface area contributed by atoms with E-state index in [1.54, 1.807) is 24.5 Å². The minimum atomic E-state index is -0.171. The summed E-state index contributed by atoms with van der Waals surface area (Å²) in [6.45, 7) is 0.0950. The largest absolute Gasteiger partial charge is 0.329 e. The van der Waals surface area contributed by atoms with E-state index in [0.717, 1.165) is 19.8 Å². The van der Waals surface area contributed by atoms with Crippen molar-refractivity contribution in [2.75, 3.05) is 13.6 Å². The summed E-state index contributed by atoms with van der Waals surface area (Å²) >= 11 is 5.04. The van der Waals surface area contributed by atoms with E-state index in [0.29, 0.717) is 0 Å². The molecule has 3 nitrogen and oxygen atoms in total. The molecule has 2 aromatic rings. The monoisotopic (exact) mass is 360 g/mol. The first-order valence-corrected chi connectivity index (χ1v) is 7.87. The molecule has 0 spiro atoms. The van der Waals surface area contributed by atoms with E-state index in [2.05, 4.69) is 28.1 Å². The molecule has 106 valence electrons. The molecule has 1 amide bonds. The Morgan fingerprint density at radius 3 is 2.71 bits per heavy atom. The summed E-state index contributed by atoms with van der Waals surface area (Å²) in [5, 5.41) is 8.55. The molecule has 0 unspecified atom stereocenters. The van der Waals surface area contributed by atoms with Crippen LogP contribution in [-0.2, 0) is 4.79 Å². The molecule has 0 bridgehead atoms. The molecule has 1 aromatic heterocycles. The smallest absolute Gasteiger partial charge is 0.247 e. The van der Waals surface area contributed by atoms with E-state index in [1.807, 2.05) is 30.3 Å². The van der Waals surface area contributed by atoms with Crippen molar-refractivity contribution in [3.05, 3.63) is 51.8 Å². The molecule has 0 fully saturated rings. The van der Waals surface area contributed by atoms with Crippen molar-refractivity contribution in [2.24, 2.45) is 0 Å². The summed E-state index contributed by atoms with van der Waals surface area (Å²) < 4.78 is 1.05. The van der Waals surface area contributed by atoms with Crippen LogP contribution in [0.2, 0.25) is 0 Å². The highest BCUT2D eigenvalue weighted by Crippen LogP contribution is 2.29. The maximum Gasteiger partial charge on any atom is 0.247 e. The van der Waals surface area contributed by atoms with Gasteiger partial charge in [-0.1, -0.05) is 28.1 Å². The van der Waals surface area contributed by atoms with Crippen LogP contribution in [0.5, 0.6) is 0 Å². The van der Waals surface area contributed by atoms with Crippen LogP contribution in [0.15, 0.2) is 46.9 Å². The third-order valence-corrected chi connectivity index (χ3v) is 4.46. The lowest BCUT2D eigenvalue weighted by atomic mass is 10.2. The fraction of sp³-hybridized carbons (Fsp3) is 0.125. The first-order chi connectivity index (χ1) is 10.1. The molecule has 2 rings (SSSR count). The summed E-state index contributed by atoms with van der Waals surface area (Å²) in [5.41, 5.74) is 1.15. The minimum Gasteiger partial charge on any atom is -0.329 e. The third kappa shape index (κ3) is 4.28. The number of nitriles is 1. The highest BCUT2D eigenvalue weighted by Gasteiger charge is 2.04. The highest BCUT2D eigenvalue weighted by atomic mass is 79.9. The second-order valence-corrected chi connectivity index (χ2v) is 6.43. The predicted octanol–water partition coefficient (Wildman–Crippen LogP) is 4.17. The van der Waals surface area contributed by atoms with Crippen LogP contribution in [0.1, 0.15) is 4.88 Å². The maximum atomic E-state index is 11.7. The first-order valence-electron chi connectivity index (χ1n) is 6.26. The Hall–Kier alpha value is -1.90. The number of likely N-dealkylation sites (N-methyl/N-ethyl adjacent to an activating group) is 1. The number of benzene rings is 1. The molecule has 0 aliphatic carbocycles. The SMILES string of the molecule is CN(CC#N)C(=O)/C=C/c1ccc(-c2ccc(Br)cc2)s1. The standard InChI is InChI=1S/C16H13BrN2OS/c1-19(11-10-18)16(20)9-7-14-6-8-15(21-14)12-2-4-13(17)5-3-12/h2-9H,11H2,1H3/b9-7+. The van der Waals surface area contributed by atoms with Crippen molar-refractivity contribution >= 4 is 39.2 Å². The summed E-state index contributed by atoms with van der Waals surface area (Å²) in [6.07, 6.45) is 3.28. The number of thiophene rings is 1. The van der Waals surface area contributed by atoms with E-state index in [4.69, 9.17) is 5.26 Å². The van der Waals surface area contributed by atoms with Gasteiger partial charge < -0.3 is 4.90 Å². The Morgan fingerprint density at radius 1 is 1.33 bits per heavy atom. The van der Waals surface area contributed by atoms with Crippen LogP contribution in [-0.4, -0.2) is 24.4 Å². The highest BCUT2D eigenvalue weighted by molar-refractivity contribution is 9.10. The van der Waals surface area contributed by atoms with Gasteiger partial charge in [-0.25, -0.2) is 0 Å². The Kier molecular flexibility index (Phi) is 5.32. The average molecular weight is 361 g/mol. The summed E-state index contributed by atoms with van der Waals surface area (Å²) in [6, 6.07) is 14.1. The molecule has 0 aliphatic heterocycles. The van der Waals surface area contributed by atoms with Gasteiger partial charge in [0.05, 0.1) is 6.07 Å². The molecule has 0 saturated heterocycles. The molecular weight excluding hydrogens is 348 g/mol. The van der Waals surface area contributed by atoms with Crippen LogP contribution in [0, 0.1) is 11.3 Å². The van der Waals surface area contributed by atoms with Gasteiger partial charge in [-0.3, -0.25) is 4.79 Å². The number of halogens is 1. The average Bonchev–Trinajstić information content (AvgIpc) is 2.94. The molecular formula is C16H13BrN2OS. The van der Waals surface area contributed by atoms with Crippen LogP contribution in [0.25, 0.3) is 16.5 Å². The Morgan fingerprint density at radius 2 is 2.05 bits per heavy atom. The van der Waals surface area contributed by atoms with Crippen LogP contribution < -0.4 is 0 Å². The molecule has 0 saturated carbocycles. The van der Waals surface area contributed by atoms with E-state index < -0.39 is 0 Å². The van der Waals surface area contributed by atoms with Crippen LogP contribution >= 0.6 is 27.3 Å². The number of hydrogen-bond acceptors (Lipinski definition) is 3. The van der Waals surface area contributed by atoms with Crippen molar-refractivity contribution in [2.45, 2.75) is 0 Å². The lowest BCUT2D eigenvalue weighted by Crippen LogP contribution is -2.24. The van der Waals surface area contributed by atoms with E-state index in [9.17, 15) is 4.79 Å². The van der Waals surface area contributed by atoms with Gasteiger partial charge in [0.25, 0.3) is 0 Å². The molecule has 1 heterocycles. The van der Waals surface area contributed by atoms with Crippen molar-refractivity contribution in [3.63, 3.8) is 0 Å². The zero-order valence-electron chi connectivity index (χ0n) is 11.4. The fourth-order valence-electron chi connectivity index (χ4n) is 1.68. The lowest BCUT2D eigenvalue weighted by Gasteiger charge is -2.08. The zero-order valence-corrected chi connectivity index (χ0v) is 13.8. The number of nitrogens with zero attached hydrogens (tertiary/aromatic N) is 2. The number of rotatable bonds is 4. The maximum absolute atomic E-state index is 11.7. The molecule has 0 N–H and O–H groups in total. The van der Waals surface area contributed by atoms with E-state index in [1.165, 1.54) is 11.0 Å². The quantitative estimate of drug-likeness (QED) is 0.606. The van der Waals surface area contributed by atoms with Crippen molar-refractivity contribution in [3.8, 4) is 16.5 Å². The molecule has 0 atom stereocenters. The molecule has 5 heteroatoms. The Labute approximate surface area is 136 Å². The fourth-order valence-corrected chi connectivity index (χ4v) is 2.86. The predicted molar refractivity (Wildman–Crippen MR) is 89.7 cm³/mol. The minimum absolute atomic E-state index is 0.0950. The molecule has 21 heavy (non-hydrogen) atoms. The second-order valence-electron chi connectivity index (χ2n) is 4.39. The normalized spacial score (nSPS) is 10.5. The Balaban J connectivity index is 2.08. The summed E-state index contributed by atoms with van der Waals surface area (Å²) in [5.74, 6) is -0.171.